The van der Waals surface area contributed by atoms with Crippen LogP contribution >= 0.6 is 24.8 Å². The summed E-state index contributed by atoms with van der Waals surface area (Å²) >= 11 is 0. The fourth-order valence-corrected chi connectivity index (χ4v) is 1.25. The number of hydrogen-bond acceptors (Lipinski definition) is 6. The number of rotatable bonds is 8. The normalized spacial score (nSPS) is 11.5. The number of carbonyl (C=O) groups is 2. The molecular formula is C11H24Cl2N4O5. The molecule has 0 saturated carbocycles. The number of alkyl carbamates (subject to hydrolysis) is 1. The van der Waals surface area contributed by atoms with Gasteiger partial charge in [0.15, 0.2) is 6.73 Å². The highest BCUT2D eigenvalue weighted by molar-refractivity contribution is 5.85. The first-order valence-electron chi connectivity index (χ1n) is 6.18. The van der Waals surface area contributed by atoms with E-state index in [2.05, 4.69) is 15.0 Å². The zero-order valence-electron chi connectivity index (χ0n) is 12.5. The maximum Gasteiger partial charge on any atom is 0.408 e. The number of aliphatic imine (C=N–C) groups is 1. The maximum atomic E-state index is 10.8. The lowest BCUT2D eigenvalue weighted by Gasteiger charge is -2.16. The van der Waals surface area contributed by atoms with Gasteiger partial charge in [-0.15, -0.1) is 24.8 Å². The first kappa shape index (κ1) is 25.7. The number of hydroxylamine groups is 2. The Balaban J connectivity index is -0.00000180. The highest BCUT2D eigenvalue weighted by Crippen LogP contribution is 2.01. The monoisotopic (exact) mass is 362 g/mol. The van der Waals surface area contributed by atoms with Gasteiger partial charge in [-0.25, -0.2) is 14.9 Å². The van der Waals surface area contributed by atoms with Crippen LogP contribution in [0.3, 0.4) is 0 Å². The van der Waals surface area contributed by atoms with Gasteiger partial charge in [-0.2, -0.15) is 0 Å². The number of ether oxygens (including phenoxy) is 1. The smallest absolute Gasteiger partial charge is 0.408 e. The number of carboxylic acid groups (broad SMARTS) is 1. The number of carboxylic acids is 1. The van der Waals surface area contributed by atoms with Crippen molar-refractivity contribution in [3.05, 3.63) is 0 Å². The third kappa shape index (κ3) is 12.5. The van der Waals surface area contributed by atoms with E-state index in [1.165, 1.54) is 7.05 Å². The number of nitrogens with zero attached hydrogens (tertiary/aromatic N) is 2. The van der Waals surface area contributed by atoms with Gasteiger partial charge in [0.05, 0.1) is 0 Å². The molecule has 11 heteroatoms. The second-order valence-corrected chi connectivity index (χ2v) is 4.08. The first-order valence-corrected chi connectivity index (χ1v) is 6.18. The molecule has 5 N–H and O–H groups in total. The van der Waals surface area contributed by atoms with Gasteiger partial charge in [0.25, 0.3) is 0 Å². The standard InChI is InChI=1S/C11H22N4O5.2ClH/c1-8(14-7-20-11(18)13-2)15(19)6-4-3-5-9(12)10(16)17;;/h9,19H,3-7,12H2,1-2H3,(H,13,18)(H,16,17);2*1H/t9-;;/m0../s1. The Morgan fingerprint density at radius 3 is 2.45 bits per heavy atom. The molecule has 0 spiro atoms. The molecule has 0 rings (SSSR count). The van der Waals surface area contributed by atoms with Crippen molar-refractivity contribution in [1.82, 2.24) is 10.4 Å². The summed E-state index contributed by atoms with van der Waals surface area (Å²) in [5.74, 6) is -0.730. The van der Waals surface area contributed by atoms with Gasteiger partial charge in [0.1, 0.15) is 11.9 Å². The zero-order chi connectivity index (χ0) is 15.5. The second-order valence-electron chi connectivity index (χ2n) is 4.08. The number of halogens is 2. The van der Waals surface area contributed by atoms with Crippen molar-refractivity contribution in [2.45, 2.75) is 32.2 Å². The van der Waals surface area contributed by atoms with Crippen molar-refractivity contribution in [1.29, 1.82) is 0 Å². The van der Waals surface area contributed by atoms with Gasteiger partial charge < -0.3 is 20.9 Å². The van der Waals surface area contributed by atoms with Gasteiger partial charge >= 0.3 is 12.1 Å². The molecule has 22 heavy (non-hydrogen) atoms. The summed E-state index contributed by atoms with van der Waals surface area (Å²) < 4.78 is 4.64. The Morgan fingerprint density at radius 1 is 1.36 bits per heavy atom. The average Bonchev–Trinajstić information content (AvgIpc) is 2.42. The molecule has 0 saturated heterocycles. The maximum absolute atomic E-state index is 10.8. The Hall–Kier alpha value is -1.29. The van der Waals surface area contributed by atoms with Gasteiger partial charge in [0, 0.05) is 13.6 Å². The average molecular weight is 363 g/mol. The molecule has 0 radical (unpaired) electrons. The number of nitrogens with one attached hydrogen (secondary N) is 1. The molecule has 0 aromatic carbocycles. The fourth-order valence-electron chi connectivity index (χ4n) is 1.25. The van der Waals surface area contributed by atoms with E-state index in [0.717, 1.165) is 5.06 Å². The van der Waals surface area contributed by atoms with Gasteiger partial charge in [-0.1, -0.05) is 0 Å². The lowest BCUT2D eigenvalue weighted by atomic mass is 10.1. The molecule has 0 fully saturated rings. The van der Waals surface area contributed by atoms with Crippen LogP contribution in [0.25, 0.3) is 0 Å². The fraction of sp³-hybridized carbons (Fsp3) is 0.727. The number of unbranched alkanes of at least 4 members (excludes halogenated alkanes) is 1. The van der Waals surface area contributed by atoms with Crippen molar-refractivity contribution < 1.29 is 24.6 Å². The summed E-state index contributed by atoms with van der Waals surface area (Å²) in [5.41, 5.74) is 5.35. The van der Waals surface area contributed by atoms with Crippen LogP contribution in [0.1, 0.15) is 26.2 Å². The van der Waals surface area contributed by atoms with E-state index in [9.17, 15) is 14.8 Å². The molecule has 0 aromatic heterocycles. The van der Waals surface area contributed by atoms with Crippen LogP contribution in [0.15, 0.2) is 4.99 Å². The van der Waals surface area contributed by atoms with E-state index < -0.39 is 18.1 Å². The van der Waals surface area contributed by atoms with Crippen LogP contribution in [0.5, 0.6) is 0 Å². The highest BCUT2D eigenvalue weighted by atomic mass is 35.5. The molecule has 1 atom stereocenters. The summed E-state index contributed by atoms with van der Waals surface area (Å²) in [4.78, 5) is 25.1. The summed E-state index contributed by atoms with van der Waals surface area (Å²) in [5, 5.41) is 21.4. The van der Waals surface area contributed by atoms with E-state index >= 15 is 0 Å². The topological polar surface area (TPSA) is 137 Å². The van der Waals surface area contributed by atoms with E-state index in [4.69, 9.17) is 10.8 Å². The van der Waals surface area contributed by atoms with E-state index in [1.54, 1.807) is 6.92 Å². The summed E-state index contributed by atoms with van der Waals surface area (Å²) in [7, 11) is 1.43. The van der Waals surface area contributed by atoms with E-state index in [0.29, 0.717) is 31.6 Å². The third-order valence-corrected chi connectivity index (χ3v) is 2.52. The molecule has 0 aliphatic carbocycles. The lowest BCUT2D eigenvalue weighted by molar-refractivity contribution is -0.138. The Kier molecular flexibility index (Phi) is 17.1. The Labute approximate surface area is 141 Å². The first-order chi connectivity index (χ1) is 9.38. The number of carbonyl (C=O) groups excluding carboxylic acids is 1. The largest absolute Gasteiger partial charge is 0.480 e. The SMILES string of the molecule is CNC(=O)OCN=C(C)N(O)CCCC[C@H](N)C(=O)O.Cl.Cl. The number of nitrogens with two attached hydrogens (primary N) is 1. The predicted octanol–water partition coefficient (Wildman–Crippen LogP) is 0.835. The highest BCUT2D eigenvalue weighted by Gasteiger charge is 2.11. The Bertz CT molecular complexity index is 357. The number of aliphatic carboxylic acids is 1. The van der Waals surface area contributed by atoms with Crippen molar-refractivity contribution >= 4 is 42.7 Å². The summed E-state index contributed by atoms with van der Waals surface area (Å²) in [6, 6.07) is -0.877. The second kappa shape index (κ2) is 14.6. The Morgan fingerprint density at radius 2 is 1.95 bits per heavy atom. The minimum absolute atomic E-state index is 0. The van der Waals surface area contributed by atoms with E-state index in [1.807, 2.05) is 0 Å². The van der Waals surface area contributed by atoms with Crippen molar-refractivity contribution in [3.8, 4) is 0 Å². The number of amides is 1. The van der Waals surface area contributed by atoms with Crippen LogP contribution in [-0.4, -0.2) is 59.6 Å². The van der Waals surface area contributed by atoms with Crippen molar-refractivity contribution in [3.63, 3.8) is 0 Å². The summed E-state index contributed by atoms with van der Waals surface area (Å²) in [6.45, 7) is 1.67. The summed E-state index contributed by atoms with van der Waals surface area (Å²) in [6.07, 6.45) is 0.889. The van der Waals surface area contributed by atoms with Crippen molar-refractivity contribution in [2.75, 3.05) is 20.3 Å². The van der Waals surface area contributed by atoms with Crippen LogP contribution in [0, 0.1) is 0 Å². The van der Waals surface area contributed by atoms with Crippen LogP contribution in [0.4, 0.5) is 4.79 Å². The molecule has 1 amide bonds. The van der Waals surface area contributed by atoms with Crippen LogP contribution < -0.4 is 11.1 Å². The molecule has 0 bridgehead atoms. The van der Waals surface area contributed by atoms with Crippen LogP contribution in [0.2, 0.25) is 0 Å². The molecule has 9 nitrogen and oxygen atoms in total. The lowest BCUT2D eigenvalue weighted by Crippen LogP contribution is -2.30. The molecule has 0 unspecified atom stereocenters. The molecule has 0 aromatic rings. The van der Waals surface area contributed by atoms with Crippen molar-refractivity contribution in [2.24, 2.45) is 10.7 Å². The quantitative estimate of drug-likeness (QED) is 0.217. The number of amidine groups is 1. The van der Waals surface area contributed by atoms with Gasteiger partial charge in [0.2, 0.25) is 0 Å². The van der Waals surface area contributed by atoms with Gasteiger partial charge in [-0.05, 0) is 26.2 Å². The molecule has 0 aliphatic heterocycles. The third-order valence-electron chi connectivity index (χ3n) is 2.52. The van der Waals surface area contributed by atoms with E-state index in [-0.39, 0.29) is 31.5 Å². The van der Waals surface area contributed by atoms with Gasteiger partial charge in [-0.3, -0.25) is 10.0 Å². The molecule has 132 valence electrons. The predicted molar refractivity (Wildman–Crippen MR) is 86.0 cm³/mol. The number of hydrogen-bond donors (Lipinski definition) is 4. The van der Waals surface area contributed by atoms with Crippen LogP contribution in [-0.2, 0) is 9.53 Å². The minimum atomic E-state index is -1.03. The molecular weight excluding hydrogens is 339 g/mol. The zero-order valence-corrected chi connectivity index (χ0v) is 14.2. The molecule has 0 aliphatic rings. The molecule has 0 heterocycles. The minimum Gasteiger partial charge on any atom is -0.480 e.